The first-order valence-electron chi connectivity index (χ1n) is 5.53. The molecule has 4 bridgehead atoms. The highest BCUT2D eigenvalue weighted by molar-refractivity contribution is 9.10. The fraction of sp³-hybridized carbons (Fsp3) is 1.00. The van der Waals surface area contributed by atoms with Crippen LogP contribution in [0.5, 0.6) is 0 Å². The second kappa shape index (κ2) is 3.45. The Labute approximate surface area is 122 Å². The van der Waals surface area contributed by atoms with Crippen LogP contribution < -0.4 is 0 Å². The van der Waals surface area contributed by atoms with E-state index in [4.69, 9.17) is 22.5 Å². The molecule has 92 valence electrons. The van der Waals surface area contributed by atoms with Crippen molar-refractivity contribution in [2.75, 3.05) is 0 Å². The molecule has 0 N–H and O–H groups in total. The van der Waals surface area contributed by atoms with E-state index in [-0.39, 0.29) is 13.8 Å². The standard InChI is InChI=1S/C10H13Br2Cl2OP/c11-8-1-7-2-9(12,4-8)6-10(3-7,5-8)16(13,14)15/h7H,1-6H2. The summed E-state index contributed by atoms with van der Waals surface area (Å²) in [5, 5.41) is -0.345. The number of halogens is 4. The second-order valence-corrected chi connectivity index (χ2v) is 14.6. The Bertz CT molecular complexity index is 378. The van der Waals surface area contributed by atoms with Crippen LogP contribution in [-0.4, -0.2) is 13.8 Å². The molecule has 0 saturated heterocycles. The summed E-state index contributed by atoms with van der Waals surface area (Å²) in [6.45, 7) is 0. The van der Waals surface area contributed by atoms with Gasteiger partial charge in [0.1, 0.15) is 0 Å². The zero-order valence-electron chi connectivity index (χ0n) is 8.69. The van der Waals surface area contributed by atoms with E-state index in [1.165, 1.54) is 12.8 Å². The molecule has 4 rings (SSSR count). The van der Waals surface area contributed by atoms with Crippen LogP contribution >= 0.6 is 60.2 Å². The molecule has 0 heterocycles. The van der Waals surface area contributed by atoms with Crippen LogP contribution in [0.3, 0.4) is 0 Å². The van der Waals surface area contributed by atoms with Crippen molar-refractivity contribution in [2.24, 2.45) is 5.92 Å². The summed E-state index contributed by atoms with van der Waals surface area (Å²) in [5.74, 6) is -2.45. The van der Waals surface area contributed by atoms with Gasteiger partial charge < -0.3 is 0 Å². The molecular formula is C10H13Br2Cl2OP. The normalized spacial score (nSPS) is 55.6. The highest BCUT2D eigenvalue weighted by Gasteiger charge is 2.66. The molecular weight excluding hydrogens is 398 g/mol. The van der Waals surface area contributed by atoms with Crippen molar-refractivity contribution in [3.63, 3.8) is 0 Å². The summed E-state index contributed by atoms with van der Waals surface area (Å²) >= 11 is 19.8. The number of hydrogen-bond donors (Lipinski definition) is 0. The van der Waals surface area contributed by atoms with E-state index in [9.17, 15) is 4.57 Å². The van der Waals surface area contributed by atoms with Crippen LogP contribution in [-0.2, 0) is 4.57 Å². The summed E-state index contributed by atoms with van der Waals surface area (Å²) in [6.07, 6.45) is 6.14. The van der Waals surface area contributed by atoms with Gasteiger partial charge in [0.05, 0.1) is 5.16 Å². The van der Waals surface area contributed by atoms with Gasteiger partial charge in [-0.1, -0.05) is 31.9 Å². The first-order valence-corrected chi connectivity index (χ1v) is 10.6. The third-order valence-electron chi connectivity index (χ3n) is 4.46. The molecule has 0 aromatic rings. The molecule has 6 heteroatoms. The molecule has 0 amide bonds. The predicted octanol–water partition coefficient (Wildman–Crippen LogP) is 5.66. The Morgan fingerprint density at radius 1 is 1.00 bits per heavy atom. The van der Waals surface area contributed by atoms with Crippen LogP contribution in [0.1, 0.15) is 38.5 Å². The van der Waals surface area contributed by atoms with Crippen molar-refractivity contribution < 1.29 is 4.57 Å². The maximum atomic E-state index is 12.2. The third-order valence-corrected chi connectivity index (χ3v) is 9.98. The first kappa shape index (κ1) is 12.8. The van der Waals surface area contributed by atoms with Crippen LogP contribution in [0.25, 0.3) is 0 Å². The smallest absolute Gasteiger partial charge is 0.259 e. The molecule has 4 aliphatic carbocycles. The van der Waals surface area contributed by atoms with Gasteiger partial charge in [-0.15, -0.1) is 0 Å². The van der Waals surface area contributed by atoms with Crippen LogP contribution in [0, 0.1) is 5.92 Å². The van der Waals surface area contributed by atoms with E-state index >= 15 is 0 Å². The molecule has 4 saturated carbocycles. The molecule has 16 heavy (non-hydrogen) atoms. The molecule has 1 nitrogen and oxygen atoms in total. The summed E-state index contributed by atoms with van der Waals surface area (Å²) in [6, 6.07) is 0. The maximum absolute atomic E-state index is 12.2. The Balaban J connectivity index is 2.08. The largest absolute Gasteiger partial charge is 0.289 e. The van der Waals surface area contributed by atoms with E-state index in [0.717, 1.165) is 25.7 Å². The van der Waals surface area contributed by atoms with Gasteiger partial charge in [-0.05, 0) is 66.9 Å². The van der Waals surface area contributed by atoms with Gasteiger partial charge in [-0.3, -0.25) is 4.57 Å². The fourth-order valence-electron chi connectivity index (χ4n) is 4.45. The average Bonchev–Trinajstić information content (AvgIpc) is 1.92. The minimum Gasteiger partial charge on any atom is -0.289 e. The molecule has 2 atom stereocenters. The van der Waals surface area contributed by atoms with Crippen LogP contribution in [0.2, 0.25) is 0 Å². The van der Waals surface area contributed by atoms with Crippen molar-refractivity contribution in [3.05, 3.63) is 0 Å². The van der Waals surface area contributed by atoms with Crippen molar-refractivity contribution in [2.45, 2.75) is 52.3 Å². The van der Waals surface area contributed by atoms with Gasteiger partial charge >= 0.3 is 0 Å². The van der Waals surface area contributed by atoms with E-state index in [1.807, 2.05) is 0 Å². The lowest BCUT2D eigenvalue weighted by atomic mass is 9.55. The molecule has 4 fully saturated rings. The minimum absolute atomic E-state index is 0.107. The van der Waals surface area contributed by atoms with Gasteiger partial charge in [0.25, 0.3) is 5.85 Å². The summed E-state index contributed by atoms with van der Waals surface area (Å²) in [4.78, 5) is 0. The van der Waals surface area contributed by atoms with E-state index < -0.39 is 5.85 Å². The van der Waals surface area contributed by atoms with Crippen LogP contribution in [0.4, 0.5) is 0 Å². The van der Waals surface area contributed by atoms with Crippen molar-refractivity contribution in [3.8, 4) is 0 Å². The Morgan fingerprint density at radius 3 is 1.88 bits per heavy atom. The Kier molecular flexibility index (Phi) is 2.76. The number of hydrogen-bond acceptors (Lipinski definition) is 1. The summed E-state index contributed by atoms with van der Waals surface area (Å²) in [5.41, 5.74) is 0. The highest BCUT2D eigenvalue weighted by Crippen LogP contribution is 2.80. The highest BCUT2D eigenvalue weighted by atomic mass is 79.9. The minimum atomic E-state index is -3.07. The van der Waals surface area contributed by atoms with Crippen molar-refractivity contribution >= 4 is 60.2 Å². The van der Waals surface area contributed by atoms with Crippen molar-refractivity contribution in [1.82, 2.24) is 0 Å². The lowest BCUT2D eigenvalue weighted by Crippen LogP contribution is -2.60. The quantitative estimate of drug-likeness (QED) is 0.402. The third kappa shape index (κ3) is 1.80. The van der Waals surface area contributed by atoms with E-state index in [0.29, 0.717) is 5.92 Å². The lowest BCUT2D eigenvalue weighted by Gasteiger charge is -2.63. The van der Waals surface area contributed by atoms with Gasteiger partial charge in [-0.25, -0.2) is 0 Å². The molecule has 0 spiro atoms. The number of rotatable bonds is 1. The first-order chi connectivity index (χ1) is 7.16. The molecule has 0 aromatic carbocycles. The van der Waals surface area contributed by atoms with Gasteiger partial charge in [-0.2, -0.15) is 0 Å². The maximum Gasteiger partial charge on any atom is 0.259 e. The van der Waals surface area contributed by atoms with E-state index in [2.05, 4.69) is 31.9 Å². The van der Waals surface area contributed by atoms with E-state index in [1.54, 1.807) is 0 Å². The van der Waals surface area contributed by atoms with Crippen LogP contribution in [0.15, 0.2) is 0 Å². The number of alkyl halides is 2. The molecule has 2 unspecified atom stereocenters. The topological polar surface area (TPSA) is 17.1 Å². The zero-order chi connectivity index (χ0) is 11.8. The van der Waals surface area contributed by atoms with Gasteiger partial charge in [0.2, 0.25) is 0 Å². The molecule has 4 aliphatic rings. The van der Waals surface area contributed by atoms with Crippen molar-refractivity contribution in [1.29, 1.82) is 0 Å². The fourth-order valence-corrected chi connectivity index (χ4v) is 10.9. The molecule has 0 aromatic heterocycles. The van der Waals surface area contributed by atoms with Gasteiger partial charge in [0.15, 0.2) is 0 Å². The monoisotopic (exact) mass is 408 g/mol. The molecule has 0 radical (unpaired) electrons. The van der Waals surface area contributed by atoms with Gasteiger partial charge in [0, 0.05) is 8.65 Å². The summed E-state index contributed by atoms with van der Waals surface area (Å²) < 4.78 is 12.5. The predicted molar refractivity (Wildman–Crippen MR) is 76.6 cm³/mol. The molecule has 0 aliphatic heterocycles. The summed E-state index contributed by atoms with van der Waals surface area (Å²) in [7, 11) is 0. The zero-order valence-corrected chi connectivity index (χ0v) is 14.3. The average molecular weight is 411 g/mol. The lowest BCUT2D eigenvalue weighted by molar-refractivity contribution is 0.0797. The Morgan fingerprint density at radius 2 is 1.50 bits per heavy atom. The Hall–Kier alpha value is 1.77. The SMILES string of the molecule is O=P(Cl)(Cl)C12CC3CC(Br)(CC(Br)(C3)C1)C2. The second-order valence-electron chi connectivity index (χ2n) is 6.00.